The third-order valence-corrected chi connectivity index (χ3v) is 10.1. The van der Waals surface area contributed by atoms with Crippen LogP contribution in [0, 0.1) is 12.7 Å². The van der Waals surface area contributed by atoms with E-state index in [1.807, 2.05) is 37.8 Å². The van der Waals surface area contributed by atoms with Gasteiger partial charge in [-0.15, -0.1) is 0 Å². The van der Waals surface area contributed by atoms with Crippen LogP contribution in [0.2, 0.25) is 5.02 Å². The van der Waals surface area contributed by atoms with Crippen molar-refractivity contribution in [3.05, 3.63) is 53.0 Å². The Bertz CT molecular complexity index is 1820. The largest absolute Gasteiger partial charge is 0.462 e. The number of benzene rings is 2. The van der Waals surface area contributed by atoms with Gasteiger partial charge < -0.3 is 19.4 Å². The van der Waals surface area contributed by atoms with Crippen molar-refractivity contribution in [3.63, 3.8) is 0 Å². The summed E-state index contributed by atoms with van der Waals surface area (Å²) >= 11 is 7.05. The number of aromatic nitrogens is 4. The number of likely N-dealkylation sites (tertiary alicyclic amines) is 1. The van der Waals surface area contributed by atoms with Gasteiger partial charge >= 0.3 is 6.01 Å². The molecule has 1 amide bonds. The second kappa shape index (κ2) is 11.6. The molecule has 45 heavy (non-hydrogen) atoms. The summed E-state index contributed by atoms with van der Waals surface area (Å²) in [6.45, 7) is 12.1. The second-order valence-electron chi connectivity index (χ2n) is 13.0. The Balaban J connectivity index is 1.39. The molecule has 7 rings (SSSR count). The number of hydrogen-bond acceptors (Lipinski definition) is 7. The summed E-state index contributed by atoms with van der Waals surface area (Å²) in [5.74, 6) is 0.284. The zero-order valence-electron chi connectivity index (χ0n) is 26.2. The Hall–Kier alpha value is -3.76. The van der Waals surface area contributed by atoms with Crippen molar-refractivity contribution in [2.45, 2.75) is 70.5 Å². The van der Waals surface area contributed by atoms with Gasteiger partial charge in [0, 0.05) is 59.0 Å². The molecule has 1 saturated carbocycles. The summed E-state index contributed by atoms with van der Waals surface area (Å²) in [7, 11) is 2.09. The lowest BCUT2D eigenvalue weighted by Crippen LogP contribution is -2.58. The molecule has 11 heteroatoms. The number of anilines is 1. The number of aromatic amines is 1. The lowest BCUT2D eigenvalue weighted by atomic mass is 9.93. The molecule has 4 heterocycles. The number of rotatable bonds is 7. The lowest BCUT2D eigenvalue weighted by molar-refractivity contribution is -0.128. The number of amides is 1. The number of aryl methyl sites for hydroxylation is 1. The number of carbonyl (C=O) groups excluding carboxylic acids is 1. The van der Waals surface area contributed by atoms with Gasteiger partial charge in [-0.05, 0) is 83.8 Å². The number of fused-ring (bicyclic) bond motifs is 2. The van der Waals surface area contributed by atoms with Gasteiger partial charge in [0.2, 0.25) is 5.91 Å². The molecule has 0 radical (unpaired) electrons. The van der Waals surface area contributed by atoms with E-state index in [0.29, 0.717) is 42.4 Å². The first-order valence-corrected chi connectivity index (χ1v) is 16.2. The van der Waals surface area contributed by atoms with E-state index in [1.165, 1.54) is 6.08 Å². The fourth-order valence-electron chi connectivity index (χ4n) is 7.10. The molecule has 0 unspecified atom stereocenters. The van der Waals surface area contributed by atoms with E-state index in [4.69, 9.17) is 26.3 Å². The molecule has 2 saturated heterocycles. The normalized spacial score (nSPS) is 22.5. The predicted molar refractivity (Wildman–Crippen MR) is 176 cm³/mol. The number of carbonyl (C=O) groups is 1. The van der Waals surface area contributed by atoms with Crippen molar-refractivity contribution in [2.24, 2.45) is 0 Å². The van der Waals surface area contributed by atoms with E-state index in [-0.39, 0.29) is 40.6 Å². The van der Waals surface area contributed by atoms with E-state index in [2.05, 4.69) is 33.6 Å². The summed E-state index contributed by atoms with van der Waals surface area (Å²) in [5, 5.41) is 9.48. The lowest BCUT2D eigenvalue weighted by Gasteiger charge is -2.44. The minimum atomic E-state index is -0.510. The Labute approximate surface area is 267 Å². The number of likely N-dealkylation sites (N-methyl/N-ethyl adjacent to an activating group) is 1. The van der Waals surface area contributed by atoms with Gasteiger partial charge in [-0.2, -0.15) is 15.1 Å². The standard InChI is InChI=1S/C34H39ClFN7O2/c1-6-26(44)42-15-20(4)43(16-19(42)3)33-23-14-24(35)28(27-18(2)9-12-25-29(27)31(40-39-25)21-10-11-21)30(36)32(23)37-34(38-33)45-17-22-8-7-13-41(22)5/h6,9,12,14,19-22H,1,7-8,10-11,13,15-17H2,2-5H3,(H,39,40)/t19-,20+,22-/m1/s1. The van der Waals surface area contributed by atoms with E-state index in [9.17, 15) is 4.79 Å². The third kappa shape index (κ3) is 5.21. The number of nitrogens with one attached hydrogen (secondary N) is 1. The van der Waals surface area contributed by atoms with Gasteiger partial charge in [0.25, 0.3) is 0 Å². The minimum absolute atomic E-state index is 0.110. The SMILES string of the molecule is C=CC(=O)N1C[C@H](C)N(c2nc(OC[C@H]3CCCN3C)nc3c(F)c(-c4c(C)ccc5[nH]nc(C6CC6)c45)c(Cl)cc23)C[C@H]1C. The van der Waals surface area contributed by atoms with Gasteiger partial charge in [-0.25, -0.2) is 4.39 Å². The average molecular weight is 632 g/mol. The first kappa shape index (κ1) is 29.9. The molecule has 1 N–H and O–H groups in total. The average Bonchev–Trinajstić information content (AvgIpc) is 3.64. The van der Waals surface area contributed by atoms with Crippen molar-refractivity contribution < 1.29 is 13.9 Å². The highest BCUT2D eigenvalue weighted by Crippen LogP contribution is 2.48. The van der Waals surface area contributed by atoms with E-state index >= 15 is 4.39 Å². The van der Waals surface area contributed by atoms with Crippen LogP contribution in [0.25, 0.3) is 32.9 Å². The van der Waals surface area contributed by atoms with Crippen LogP contribution in [0.15, 0.2) is 30.9 Å². The van der Waals surface area contributed by atoms with Crippen LogP contribution in [0.1, 0.15) is 56.7 Å². The molecule has 2 aliphatic heterocycles. The molecular formula is C34H39ClFN7O2. The second-order valence-corrected chi connectivity index (χ2v) is 13.4. The monoisotopic (exact) mass is 631 g/mol. The Morgan fingerprint density at radius 1 is 1.18 bits per heavy atom. The van der Waals surface area contributed by atoms with Crippen LogP contribution in [0.3, 0.4) is 0 Å². The molecule has 0 spiro atoms. The molecule has 2 aromatic heterocycles. The molecule has 1 aliphatic carbocycles. The third-order valence-electron chi connectivity index (χ3n) is 9.82. The summed E-state index contributed by atoms with van der Waals surface area (Å²) in [4.78, 5) is 28.3. The fourth-order valence-corrected chi connectivity index (χ4v) is 7.38. The summed E-state index contributed by atoms with van der Waals surface area (Å²) in [5.41, 5.74) is 3.93. The topological polar surface area (TPSA) is 90.5 Å². The fraction of sp³-hybridized carbons (Fsp3) is 0.471. The van der Waals surface area contributed by atoms with Gasteiger partial charge in [-0.3, -0.25) is 9.89 Å². The summed E-state index contributed by atoms with van der Waals surface area (Å²) in [6.07, 6.45) is 5.61. The van der Waals surface area contributed by atoms with Crippen LogP contribution in [-0.2, 0) is 4.79 Å². The van der Waals surface area contributed by atoms with Gasteiger partial charge in [0.05, 0.1) is 16.2 Å². The molecule has 3 fully saturated rings. The van der Waals surface area contributed by atoms with Crippen molar-refractivity contribution in [3.8, 4) is 17.1 Å². The maximum absolute atomic E-state index is 17.1. The smallest absolute Gasteiger partial charge is 0.319 e. The predicted octanol–water partition coefficient (Wildman–Crippen LogP) is 6.24. The molecule has 4 aromatic rings. The molecule has 2 aromatic carbocycles. The Kier molecular flexibility index (Phi) is 7.68. The van der Waals surface area contributed by atoms with Crippen LogP contribution in [-0.4, -0.2) is 87.3 Å². The highest BCUT2D eigenvalue weighted by atomic mass is 35.5. The zero-order valence-corrected chi connectivity index (χ0v) is 27.0. The number of nitrogens with zero attached hydrogens (tertiary/aromatic N) is 6. The van der Waals surface area contributed by atoms with E-state index in [0.717, 1.165) is 60.0 Å². The molecular weight excluding hydrogens is 593 g/mol. The number of piperazine rings is 1. The van der Waals surface area contributed by atoms with Crippen LogP contribution < -0.4 is 9.64 Å². The molecule has 3 aliphatic rings. The first-order valence-electron chi connectivity index (χ1n) is 15.9. The van der Waals surface area contributed by atoms with Crippen LogP contribution in [0.5, 0.6) is 6.01 Å². The number of H-pyrrole nitrogens is 1. The van der Waals surface area contributed by atoms with Gasteiger partial charge in [0.1, 0.15) is 17.9 Å². The molecule has 236 valence electrons. The Morgan fingerprint density at radius 2 is 1.98 bits per heavy atom. The van der Waals surface area contributed by atoms with Crippen LogP contribution in [0.4, 0.5) is 10.2 Å². The van der Waals surface area contributed by atoms with Crippen molar-refractivity contribution >= 4 is 45.1 Å². The van der Waals surface area contributed by atoms with Gasteiger partial charge in [-0.1, -0.05) is 24.2 Å². The molecule has 3 atom stereocenters. The summed E-state index contributed by atoms with van der Waals surface area (Å²) in [6, 6.07) is 5.90. The highest BCUT2D eigenvalue weighted by molar-refractivity contribution is 6.35. The number of ether oxygens (including phenoxy) is 1. The first-order chi connectivity index (χ1) is 21.7. The van der Waals surface area contributed by atoms with Gasteiger partial charge in [0.15, 0.2) is 5.82 Å². The van der Waals surface area contributed by atoms with Crippen molar-refractivity contribution in [1.82, 2.24) is 30.0 Å². The highest BCUT2D eigenvalue weighted by Gasteiger charge is 2.35. The summed E-state index contributed by atoms with van der Waals surface area (Å²) < 4.78 is 23.4. The van der Waals surface area contributed by atoms with E-state index < -0.39 is 5.82 Å². The zero-order chi connectivity index (χ0) is 31.6. The van der Waals surface area contributed by atoms with Crippen LogP contribution >= 0.6 is 11.6 Å². The van der Waals surface area contributed by atoms with Crippen molar-refractivity contribution in [1.29, 1.82) is 0 Å². The molecule has 0 bridgehead atoms. The minimum Gasteiger partial charge on any atom is -0.462 e. The number of halogens is 2. The van der Waals surface area contributed by atoms with E-state index in [1.54, 1.807) is 6.07 Å². The quantitative estimate of drug-likeness (QED) is 0.242. The number of hydrogen-bond donors (Lipinski definition) is 1. The molecule has 9 nitrogen and oxygen atoms in total. The van der Waals surface area contributed by atoms with Crippen molar-refractivity contribution in [2.75, 3.05) is 38.2 Å². The maximum Gasteiger partial charge on any atom is 0.319 e. The maximum atomic E-state index is 17.1. The Morgan fingerprint density at radius 3 is 2.69 bits per heavy atom.